The molecule has 0 aromatic carbocycles. The topological polar surface area (TPSA) is 127 Å². The first kappa shape index (κ1) is 19.4. The number of epoxide rings is 2. The van der Waals surface area contributed by atoms with Crippen LogP contribution in [0.5, 0.6) is 0 Å². The molecule has 2 aliphatic heterocycles. The van der Waals surface area contributed by atoms with Crippen molar-refractivity contribution in [2.24, 2.45) is 5.92 Å². The van der Waals surface area contributed by atoms with E-state index < -0.39 is 33.9 Å². The third-order valence-corrected chi connectivity index (χ3v) is 3.98. The molecule has 0 bridgehead atoms. The van der Waals surface area contributed by atoms with Gasteiger partial charge in [0.1, 0.15) is 18.1 Å². The predicted octanol–water partition coefficient (Wildman–Crippen LogP) is -0.885. The van der Waals surface area contributed by atoms with Crippen LogP contribution in [0, 0.1) is 5.92 Å². The molecule has 2 saturated heterocycles. The summed E-state index contributed by atoms with van der Waals surface area (Å²) in [5.41, 5.74) is 0. The Hall–Kier alpha value is -0.920. The lowest BCUT2D eigenvalue weighted by Gasteiger charge is -2.21. The molecule has 0 amide bonds. The van der Waals surface area contributed by atoms with Crippen LogP contribution >= 0.6 is 0 Å². The monoisotopic (exact) mass is 375 g/mol. The summed E-state index contributed by atoms with van der Waals surface area (Å²) < 4.78 is 81.6. The van der Waals surface area contributed by atoms with Gasteiger partial charge in [-0.05, 0) is 0 Å². The second-order valence-corrected chi connectivity index (χ2v) is 6.89. The molecular weight excluding hydrogens is 358 g/mol. The van der Waals surface area contributed by atoms with Crippen molar-refractivity contribution in [1.29, 1.82) is 0 Å². The summed E-state index contributed by atoms with van der Waals surface area (Å²) in [5.74, 6) is -2.19. The number of ether oxygens (including phenoxy) is 5. The highest BCUT2D eigenvalue weighted by atomic mass is 32.2. The highest BCUT2D eigenvalue weighted by molar-refractivity contribution is 7.86. The van der Waals surface area contributed by atoms with Gasteiger partial charge in [-0.1, -0.05) is 0 Å². The van der Waals surface area contributed by atoms with Gasteiger partial charge in [-0.15, -0.1) is 0 Å². The van der Waals surface area contributed by atoms with E-state index in [0.717, 1.165) is 0 Å². The summed E-state index contributed by atoms with van der Waals surface area (Å²) in [6.45, 7) is -0.691. The van der Waals surface area contributed by atoms with E-state index in [1.807, 2.05) is 0 Å². The molecule has 12 heteroatoms. The van der Waals surface area contributed by atoms with Crippen LogP contribution in [-0.2, 0) is 38.6 Å². The van der Waals surface area contributed by atoms with Crippen LogP contribution in [0.15, 0.2) is 0 Å². The lowest BCUT2D eigenvalue weighted by molar-refractivity contribution is -0.159. The molecular formula is C12H17F2O9S-. The Morgan fingerprint density at radius 2 is 1.62 bits per heavy atom. The third-order valence-electron chi connectivity index (χ3n) is 3.13. The molecule has 0 aliphatic carbocycles. The molecule has 2 fully saturated rings. The molecule has 2 aliphatic rings. The largest absolute Gasteiger partial charge is 0.743 e. The zero-order chi connectivity index (χ0) is 17.8. The van der Waals surface area contributed by atoms with Crippen molar-refractivity contribution in [3.05, 3.63) is 0 Å². The Morgan fingerprint density at radius 1 is 1.17 bits per heavy atom. The number of halogens is 2. The number of alkyl halides is 2. The fraction of sp³-hybridized carbons (Fsp3) is 0.917. The van der Waals surface area contributed by atoms with Gasteiger partial charge in [-0.2, -0.15) is 8.78 Å². The molecule has 2 atom stereocenters. The lowest BCUT2D eigenvalue weighted by Crippen LogP contribution is -2.37. The average Bonchev–Trinajstić information content (AvgIpc) is 3.36. The lowest BCUT2D eigenvalue weighted by atomic mass is 10.2. The minimum atomic E-state index is -5.92. The maximum Gasteiger partial charge on any atom is 0.367 e. The van der Waals surface area contributed by atoms with Crippen molar-refractivity contribution in [2.75, 3.05) is 46.2 Å². The van der Waals surface area contributed by atoms with Crippen LogP contribution in [0.2, 0.25) is 0 Å². The second-order valence-electron chi connectivity index (χ2n) is 5.38. The fourth-order valence-electron chi connectivity index (χ4n) is 1.54. The maximum atomic E-state index is 13.0. The summed E-state index contributed by atoms with van der Waals surface area (Å²) in [6, 6.07) is 0. The van der Waals surface area contributed by atoms with Gasteiger partial charge >= 0.3 is 11.2 Å². The Kier molecular flexibility index (Phi) is 6.45. The van der Waals surface area contributed by atoms with Gasteiger partial charge in [0.2, 0.25) is 0 Å². The zero-order valence-electron chi connectivity index (χ0n) is 12.5. The van der Waals surface area contributed by atoms with Crippen LogP contribution in [-0.4, -0.2) is 82.7 Å². The molecule has 0 aromatic rings. The highest BCUT2D eigenvalue weighted by Crippen LogP contribution is 2.21. The van der Waals surface area contributed by atoms with Crippen molar-refractivity contribution < 1.29 is 50.2 Å². The first-order valence-electron chi connectivity index (χ1n) is 7.07. The third kappa shape index (κ3) is 6.53. The molecule has 0 spiro atoms. The molecule has 2 heterocycles. The first-order chi connectivity index (χ1) is 11.2. The van der Waals surface area contributed by atoms with E-state index in [1.165, 1.54) is 0 Å². The summed E-state index contributed by atoms with van der Waals surface area (Å²) in [6.07, 6.45) is -0.116. The van der Waals surface area contributed by atoms with Gasteiger partial charge in [-0.3, -0.25) is 4.79 Å². The molecule has 2 rings (SSSR count). The molecule has 24 heavy (non-hydrogen) atoms. The summed E-state index contributed by atoms with van der Waals surface area (Å²) >= 11 is 0. The maximum absolute atomic E-state index is 13.0. The molecule has 0 radical (unpaired) electrons. The smallest absolute Gasteiger partial charge is 0.367 e. The SMILES string of the molecule is O=C(OCC(F)(F)S(=O)(=O)[O-])C(COCC1CO1)COCC1CO1. The number of carbonyl (C=O) groups is 1. The second kappa shape index (κ2) is 7.97. The number of hydrogen-bond acceptors (Lipinski definition) is 9. The van der Waals surface area contributed by atoms with Crippen LogP contribution in [0.4, 0.5) is 8.78 Å². The van der Waals surface area contributed by atoms with Crippen molar-refractivity contribution in [3.63, 3.8) is 0 Å². The Morgan fingerprint density at radius 3 is 2.00 bits per heavy atom. The van der Waals surface area contributed by atoms with E-state index in [-0.39, 0.29) is 38.6 Å². The fourth-order valence-corrected chi connectivity index (χ4v) is 1.74. The number of rotatable bonds is 12. The molecule has 140 valence electrons. The average molecular weight is 375 g/mol. The van der Waals surface area contributed by atoms with Crippen molar-refractivity contribution >= 4 is 16.1 Å². The minimum absolute atomic E-state index is 0.0580. The van der Waals surface area contributed by atoms with Crippen LogP contribution in [0.25, 0.3) is 0 Å². The summed E-state index contributed by atoms with van der Waals surface area (Å²) in [4.78, 5) is 11.8. The Bertz CT molecular complexity index is 513. The van der Waals surface area contributed by atoms with Gasteiger partial charge in [-0.25, -0.2) is 8.42 Å². The number of carbonyl (C=O) groups excluding carboxylic acids is 1. The van der Waals surface area contributed by atoms with Gasteiger partial charge in [0.25, 0.3) is 0 Å². The van der Waals surface area contributed by atoms with E-state index in [1.54, 1.807) is 0 Å². The normalized spacial score (nSPS) is 24.5. The van der Waals surface area contributed by atoms with E-state index in [0.29, 0.717) is 13.2 Å². The van der Waals surface area contributed by atoms with Crippen molar-refractivity contribution in [2.45, 2.75) is 17.5 Å². The highest BCUT2D eigenvalue weighted by Gasteiger charge is 2.40. The summed E-state index contributed by atoms with van der Waals surface area (Å²) in [5, 5.41) is -4.70. The van der Waals surface area contributed by atoms with Gasteiger partial charge in [0.05, 0.1) is 39.6 Å². The van der Waals surface area contributed by atoms with Crippen molar-refractivity contribution in [1.82, 2.24) is 0 Å². The molecule has 0 saturated carbocycles. The first-order valence-corrected chi connectivity index (χ1v) is 8.48. The minimum Gasteiger partial charge on any atom is -0.743 e. The van der Waals surface area contributed by atoms with Gasteiger partial charge < -0.3 is 28.2 Å². The van der Waals surface area contributed by atoms with Crippen molar-refractivity contribution in [3.8, 4) is 0 Å². The van der Waals surface area contributed by atoms with E-state index in [9.17, 15) is 26.5 Å². The number of esters is 1. The molecule has 9 nitrogen and oxygen atoms in total. The Labute approximate surface area is 136 Å². The number of hydrogen-bond donors (Lipinski definition) is 0. The molecule has 0 aromatic heterocycles. The zero-order valence-corrected chi connectivity index (χ0v) is 13.3. The standard InChI is InChI=1S/C12H18F2O9S/c13-12(14,24(16,17)18)7-23-11(15)8(1-19-3-9-5-21-9)2-20-4-10-6-22-10/h8-10H,1-7H2,(H,16,17,18)/p-1. The van der Waals surface area contributed by atoms with E-state index >= 15 is 0 Å². The van der Waals surface area contributed by atoms with Crippen LogP contribution in [0.1, 0.15) is 0 Å². The summed E-state index contributed by atoms with van der Waals surface area (Å²) in [7, 11) is -5.92. The van der Waals surface area contributed by atoms with Gasteiger partial charge in [0.15, 0.2) is 16.7 Å². The molecule has 2 unspecified atom stereocenters. The van der Waals surface area contributed by atoms with E-state index in [2.05, 4.69) is 4.74 Å². The quantitative estimate of drug-likeness (QED) is 0.242. The predicted molar refractivity (Wildman–Crippen MR) is 70.2 cm³/mol. The van der Waals surface area contributed by atoms with Crippen LogP contribution in [0.3, 0.4) is 0 Å². The molecule has 0 N–H and O–H groups in total. The Balaban J connectivity index is 1.78. The van der Waals surface area contributed by atoms with Gasteiger partial charge in [0, 0.05) is 0 Å². The van der Waals surface area contributed by atoms with Crippen LogP contribution < -0.4 is 0 Å². The van der Waals surface area contributed by atoms with E-state index in [4.69, 9.17) is 18.9 Å².